The van der Waals surface area contributed by atoms with Crippen LogP contribution in [0.15, 0.2) is 0 Å². The fourth-order valence-electron chi connectivity index (χ4n) is 2.99. The second-order valence-electron chi connectivity index (χ2n) is 6.36. The van der Waals surface area contributed by atoms with Crippen LogP contribution in [0.2, 0.25) is 0 Å². The highest BCUT2D eigenvalue weighted by Gasteiger charge is 2.32. The summed E-state index contributed by atoms with van der Waals surface area (Å²) in [6, 6.07) is 0. The number of rotatable bonds is 5. The lowest BCUT2D eigenvalue weighted by Gasteiger charge is -2.35. The first-order valence-corrected chi connectivity index (χ1v) is 7.68. The summed E-state index contributed by atoms with van der Waals surface area (Å²) in [4.78, 5) is 11.8. The van der Waals surface area contributed by atoms with Gasteiger partial charge in [0, 0.05) is 19.6 Å². The van der Waals surface area contributed by atoms with Gasteiger partial charge in [-0.15, -0.1) is 0 Å². The van der Waals surface area contributed by atoms with Crippen molar-refractivity contribution in [3.05, 3.63) is 0 Å². The van der Waals surface area contributed by atoms with Crippen LogP contribution < -0.4 is 5.32 Å². The number of carbonyl (C=O) groups is 1. The van der Waals surface area contributed by atoms with E-state index in [0.29, 0.717) is 18.9 Å². The summed E-state index contributed by atoms with van der Waals surface area (Å²) in [6.45, 7) is 3.47. The molecule has 1 unspecified atom stereocenters. The topological polar surface area (TPSA) is 58.6 Å². The van der Waals surface area contributed by atoms with Crippen LogP contribution in [0.1, 0.15) is 58.3 Å². The Kier molecular flexibility index (Phi) is 5.22. The van der Waals surface area contributed by atoms with Crippen molar-refractivity contribution in [1.82, 2.24) is 5.32 Å². The number of nitrogens with one attached hydrogen (secondary N) is 1. The van der Waals surface area contributed by atoms with Gasteiger partial charge in [-0.2, -0.15) is 0 Å². The quantitative estimate of drug-likeness (QED) is 0.802. The Labute approximate surface area is 115 Å². The van der Waals surface area contributed by atoms with E-state index in [9.17, 15) is 9.90 Å². The van der Waals surface area contributed by atoms with Gasteiger partial charge < -0.3 is 15.2 Å². The van der Waals surface area contributed by atoms with Gasteiger partial charge >= 0.3 is 0 Å². The third-order valence-electron chi connectivity index (χ3n) is 4.54. The number of amides is 1. The minimum atomic E-state index is -0.675. The SMILES string of the molecule is CC1CCC(O)(CNC(=O)CCC2CCCO2)CC1. The second-order valence-corrected chi connectivity index (χ2v) is 6.36. The first kappa shape index (κ1) is 14.8. The Balaban J connectivity index is 1.62. The number of aliphatic hydroxyl groups is 1. The lowest BCUT2D eigenvalue weighted by molar-refractivity contribution is -0.123. The molecule has 0 aromatic rings. The Morgan fingerprint density at radius 3 is 2.74 bits per heavy atom. The molecule has 0 radical (unpaired) electrons. The van der Waals surface area contributed by atoms with Gasteiger partial charge in [-0.3, -0.25) is 4.79 Å². The molecule has 4 heteroatoms. The highest BCUT2D eigenvalue weighted by molar-refractivity contribution is 5.75. The third kappa shape index (κ3) is 4.77. The molecule has 1 aliphatic heterocycles. The van der Waals surface area contributed by atoms with Crippen LogP contribution in [0, 0.1) is 5.92 Å². The molecule has 2 fully saturated rings. The van der Waals surface area contributed by atoms with Crippen LogP contribution >= 0.6 is 0 Å². The molecular weight excluding hydrogens is 242 g/mol. The maximum atomic E-state index is 11.8. The Bertz CT molecular complexity index is 292. The van der Waals surface area contributed by atoms with E-state index in [4.69, 9.17) is 4.74 Å². The summed E-state index contributed by atoms with van der Waals surface area (Å²) in [5, 5.41) is 13.3. The van der Waals surface area contributed by atoms with E-state index in [1.165, 1.54) is 0 Å². The molecule has 2 N–H and O–H groups in total. The molecule has 0 aromatic carbocycles. The van der Waals surface area contributed by atoms with Gasteiger partial charge in [-0.05, 0) is 50.9 Å². The summed E-state index contributed by atoms with van der Waals surface area (Å²) >= 11 is 0. The zero-order chi connectivity index (χ0) is 13.7. The first-order valence-electron chi connectivity index (χ1n) is 7.68. The van der Waals surface area contributed by atoms with Crippen molar-refractivity contribution >= 4 is 5.91 Å². The molecule has 2 aliphatic rings. The molecular formula is C15H27NO3. The lowest BCUT2D eigenvalue weighted by atomic mass is 9.79. The average Bonchev–Trinajstić information content (AvgIpc) is 2.91. The molecule has 1 amide bonds. The van der Waals surface area contributed by atoms with Crippen LogP contribution in [0.25, 0.3) is 0 Å². The zero-order valence-electron chi connectivity index (χ0n) is 12.0. The fraction of sp³-hybridized carbons (Fsp3) is 0.933. The molecule has 1 aliphatic carbocycles. The first-order chi connectivity index (χ1) is 9.07. The van der Waals surface area contributed by atoms with Crippen molar-refractivity contribution in [3.63, 3.8) is 0 Å². The van der Waals surface area contributed by atoms with Crippen LogP contribution in [-0.4, -0.2) is 35.9 Å². The molecule has 0 spiro atoms. The van der Waals surface area contributed by atoms with E-state index in [-0.39, 0.29) is 12.0 Å². The van der Waals surface area contributed by atoms with Crippen molar-refractivity contribution in [3.8, 4) is 0 Å². The van der Waals surface area contributed by atoms with E-state index < -0.39 is 5.60 Å². The van der Waals surface area contributed by atoms with Gasteiger partial charge in [0.05, 0.1) is 11.7 Å². The summed E-state index contributed by atoms with van der Waals surface area (Å²) < 4.78 is 5.50. The van der Waals surface area contributed by atoms with E-state index in [2.05, 4.69) is 12.2 Å². The van der Waals surface area contributed by atoms with Crippen molar-refractivity contribution in [1.29, 1.82) is 0 Å². The van der Waals surface area contributed by atoms with Gasteiger partial charge in [-0.1, -0.05) is 6.92 Å². The Morgan fingerprint density at radius 1 is 1.37 bits per heavy atom. The molecule has 0 bridgehead atoms. The smallest absolute Gasteiger partial charge is 0.220 e. The molecule has 4 nitrogen and oxygen atoms in total. The predicted octanol–water partition coefficient (Wildman–Crippen LogP) is 2.00. The third-order valence-corrected chi connectivity index (χ3v) is 4.54. The standard InChI is InChI=1S/C15H27NO3/c1-12-6-8-15(18,9-7-12)11-16-14(17)5-4-13-3-2-10-19-13/h12-13,18H,2-11H2,1H3,(H,16,17). The molecule has 1 heterocycles. The summed E-state index contributed by atoms with van der Waals surface area (Å²) in [5.41, 5.74) is -0.675. The predicted molar refractivity (Wildman–Crippen MR) is 73.8 cm³/mol. The minimum absolute atomic E-state index is 0.0440. The van der Waals surface area contributed by atoms with Crippen molar-refractivity contribution < 1.29 is 14.6 Å². The fourth-order valence-corrected chi connectivity index (χ4v) is 2.99. The number of carbonyl (C=O) groups excluding carboxylic acids is 1. The van der Waals surface area contributed by atoms with Crippen LogP contribution in [0.5, 0.6) is 0 Å². The maximum absolute atomic E-state index is 11.8. The van der Waals surface area contributed by atoms with Gasteiger partial charge in [0.1, 0.15) is 0 Å². The Hall–Kier alpha value is -0.610. The minimum Gasteiger partial charge on any atom is -0.388 e. The largest absolute Gasteiger partial charge is 0.388 e. The summed E-state index contributed by atoms with van der Waals surface area (Å²) in [6.07, 6.45) is 7.51. The molecule has 2 rings (SSSR count). The van der Waals surface area contributed by atoms with Crippen molar-refractivity contribution in [2.45, 2.75) is 70.0 Å². The van der Waals surface area contributed by atoms with Gasteiger partial charge in [-0.25, -0.2) is 0 Å². The van der Waals surface area contributed by atoms with Crippen LogP contribution in [0.4, 0.5) is 0 Å². The zero-order valence-corrected chi connectivity index (χ0v) is 12.0. The monoisotopic (exact) mass is 269 g/mol. The molecule has 1 saturated carbocycles. The van der Waals surface area contributed by atoms with E-state index in [1.54, 1.807) is 0 Å². The molecule has 1 atom stereocenters. The van der Waals surface area contributed by atoms with Gasteiger partial charge in [0.25, 0.3) is 0 Å². The number of ether oxygens (including phenoxy) is 1. The highest BCUT2D eigenvalue weighted by Crippen LogP contribution is 2.31. The highest BCUT2D eigenvalue weighted by atomic mass is 16.5. The molecule has 0 aromatic heterocycles. The summed E-state index contributed by atoms with van der Waals surface area (Å²) in [7, 11) is 0. The lowest BCUT2D eigenvalue weighted by Crippen LogP contribution is -2.45. The van der Waals surface area contributed by atoms with Crippen LogP contribution in [-0.2, 0) is 9.53 Å². The normalized spacial score (nSPS) is 35.3. The Morgan fingerprint density at radius 2 is 2.11 bits per heavy atom. The second kappa shape index (κ2) is 6.71. The van der Waals surface area contributed by atoms with E-state index in [1.807, 2.05) is 0 Å². The average molecular weight is 269 g/mol. The van der Waals surface area contributed by atoms with Crippen LogP contribution in [0.3, 0.4) is 0 Å². The van der Waals surface area contributed by atoms with Crippen molar-refractivity contribution in [2.24, 2.45) is 5.92 Å². The molecule has 1 saturated heterocycles. The number of hydrogen-bond acceptors (Lipinski definition) is 3. The van der Waals surface area contributed by atoms with Gasteiger partial charge in [0.15, 0.2) is 0 Å². The number of hydrogen-bond donors (Lipinski definition) is 2. The van der Waals surface area contributed by atoms with E-state index >= 15 is 0 Å². The molecule has 19 heavy (non-hydrogen) atoms. The molecule has 110 valence electrons. The van der Waals surface area contributed by atoms with E-state index in [0.717, 1.165) is 51.6 Å². The summed E-state index contributed by atoms with van der Waals surface area (Å²) in [5.74, 6) is 0.748. The van der Waals surface area contributed by atoms with Gasteiger partial charge in [0.2, 0.25) is 5.91 Å². The maximum Gasteiger partial charge on any atom is 0.220 e. The van der Waals surface area contributed by atoms with Crippen molar-refractivity contribution in [2.75, 3.05) is 13.2 Å².